The van der Waals surface area contributed by atoms with Crippen LogP contribution in [0, 0.1) is 0 Å². The zero-order valence-corrected chi connectivity index (χ0v) is 10.4. The summed E-state index contributed by atoms with van der Waals surface area (Å²) in [5.74, 6) is -0.122. The van der Waals surface area contributed by atoms with Crippen molar-refractivity contribution < 1.29 is 14.3 Å². The third-order valence-electron chi connectivity index (χ3n) is 2.46. The summed E-state index contributed by atoms with van der Waals surface area (Å²) < 4.78 is 10.6. The molecule has 1 aliphatic heterocycles. The van der Waals surface area contributed by atoms with E-state index in [4.69, 9.17) is 26.8 Å². The van der Waals surface area contributed by atoms with Crippen LogP contribution in [0.4, 0.5) is 5.82 Å². The van der Waals surface area contributed by atoms with Gasteiger partial charge >= 0.3 is 0 Å². The zero-order chi connectivity index (χ0) is 13.0. The number of aromatic nitrogens is 1. The van der Waals surface area contributed by atoms with Gasteiger partial charge in [-0.25, -0.2) is 4.98 Å². The molecule has 2 rings (SSSR count). The Kier molecular flexibility index (Phi) is 4.35. The molecule has 0 aromatic carbocycles. The second kappa shape index (κ2) is 5.99. The number of carbonyl (C=O) groups excluding carboxylic acids is 1. The Labute approximate surface area is 109 Å². The van der Waals surface area contributed by atoms with Crippen LogP contribution in [0.15, 0.2) is 12.1 Å². The number of ether oxygens (including phenoxy) is 2. The molecule has 1 fully saturated rings. The van der Waals surface area contributed by atoms with E-state index in [1.165, 1.54) is 6.07 Å². The fraction of sp³-hybridized carbons (Fsp3) is 0.455. The van der Waals surface area contributed by atoms with Gasteiger partial charge in [0.2, 0.25) is 0 Å². The van der Waals surface area contributed by atoms with E-state index in [9.17, 15) is 4.79 Å². The van der Waals surface area contributed by atoms with Crippen molar-refractivity contribution in [1.82, 2.24) is 10.3 Å². The maximum absolute atomic E-state index is 11.9. The van der Waals surface area contributed by atoms with Gasteiger partial charge in [-0.2, -0.15) is 0 Å². The van der Waals surface area contributed by atoms with Gasteiger partial charge in [0.05, 0.1) is 30.9 Å². The number of carbonyl (C=O) groups is 1. The predicted octanol–water partition coefficient (Wildman–Crippen LogP) is 0.462. The number of anilines is 1. The first-order valence-corrected chi connectivity index (χ1v) is 5.94. The highest BCUT2D eigenvalue weighted by molar-refractivity contribution is 6.33. The summed E-state index contributed by atoms with van der Waals surface area (Å²) >= 11 is 5.88. The Bertz CT molecular complexity index is 436. The number of amides is 1. The number of pyridine rings is 1. The molecular formula is C11H14ClN3O3. The largest absolute Gasteiger partial charge is 0.384 e. The van der Waals surface area contributed by atoms with E-state index in [-0.39, 0.29) is 28.5 Å². The molecule has 0 aliphatic carbocycles. The van der Waals surface area contributed by atoms with Gasteiger partial charge in [0.15, 0.2) is 0 Å². The Morgan fingerprint density at radius 1 is 1.56 bits per heavy atom. The first-order chi connectivity index (χ1) is 8.66. The van der Waals surface area contributed by atoms with Crippen molar-refractivity contribution in [3.8, 4) is 0 Å². The van der Waals surface area contributed by atoms with Gasteiger partial charge in [0.1, 0.15) is 11.5 Å². The normalized spacial score (nSPS) is 19.5. The summed E-state index contributed by atoms with van der Waals surface area (Å²) in [6.45, 7) is 1.95. The fourth-order valence-electron chi connectivity index (χ4n) is 1.56. The molecule has 1 unspecified atom stereocenters. The quantitative estimate of drug-likeness (QED) is 0.834. The Morgan fingerprint density at radius 3 is 3.11 bits per heavy atom. The number of hydrogen-bond donors (Lipinski definition) is 2. The Hall–Kier alpha value is -1.37. The van der Waals surface area contributed by atoms with Crippen LogP contribution in [0.5, 0.6) is 0 Å². The second-order valence-corrected chi connectivity index (χ2v) is 4.25. The van der Waals surface area contributed by atoms with Crippen molar-refractivity contribution in [3.05, 3.63) is 22.8 Å². The van der Waals surface area contributed by atoms with Crippen LogP contribution in [-0.2, 0) is 9.47 Å². The van der Waals surface area contributed by atoms with Crippen molar-refractivity contribution in [1.29, 1.82) is 0 Å². The average Bonchev–Trinajstić information content (AvgIpc) is 2.40. The predicted molar refractivity (Wildman–Crippen MR) is 66.6 cm³/mol. The Morgan fingerprint density at radius 2 is 2.39 bits per heavy atom. The van der Waals surface area contributed by atoms with Crippen molar-refractivity contribution in [2.24, 2.45) is 0 Å². The van der Waals surface area contributed by atoms with E-state index in [0.29, 0.717) is 26.4 Å². The molecule has 0 spiro atoms. The number of nitrogens with zero attached hydrogens (tertiary/aromatic N) is 1. The van der Waals surface area contributed by atoms with Crippen molar-refractivity contribution in [2.75, 3.05) is 32.1 Å². The van der Waals surface area contributed by atoms with Gasteiger partial charge in [0.25, 0.3) is 5.91 Å². The van der Waals surface area contributed by atoms with Gasteiger partial charge in [0, 0.05) is 6.54 Å². The minimum Gasteiger partial charge on any atom is -0.384 e. The lowest BCUT2D eigenvalue weighted by Crippen LogP contribution is -2.40. The molecule has 7 heteroatoms. The molecular weight excluding hydrogens is 258 g/mol. The van der Waals surface area contributed by atoms with Gasteiger partial charge in [-0.3, -0.25) is 4.79 Å². The summed E-state index contributed by atoms with van der Waals surface area (Å²) in [7, 11) is 0. The molecule has 1 aromatic rings. The van der Waals surface area contributed by atoms with Gasteiger partial charge < -0.3 is 20.5 Å². The molecule has 1 saturated heterocycles. The molecule has 1 atom stereocenters. The van der Waals surface area contributed by atoms with E-state index in [0.717, 1.165) is 0 Å². The van der Waals surface area contributed by atoms with E-state index >= 15 is 0 Å². The van der Waals surface area contributed by atoms with Crippen LogP contribution in [0.1, 0.15) is 10.5 Å². The van der Waals surface area contributed by atoms with Crippen LogP contribution < -0.4 is 11.1 Å². The maximum Gasteiger partial charge on any atom is 0.271 e. The van der Waals surface area contributed by atoms with Crippen LogP contribution >= 0.6 is 11.6 Å². The van der Waals surface area contributed by atoms with E-state index in [1.807, 2.05) is 0 Å². The monoisotopic (exact) mass is 271 g/mol. The molecule has 1 aliphatic rings. The Balaban J connectivity index is 1.92. The maximum atomic E-state index is 11.9. The van der Waals surface area contributed by atoms with Crippen LogP contribution in [-0.4, -0.2) is 43.4 Å². The summed E-state index contributed by atoms with van der Waals surface area (Å²) in [5.41, 5.74) is 5.63. The second-order valence-electron chi connectivity index (χ2n) is 3.84. The van der Waals surface area contributed by atoms with Crippen LogP contribution in [0.2, 0.25) is 5.02 Å². The molecule has 2 heterocycles. The minimum absolute atomic E-state index is 0.119. The smallest absolute Gasteiger partial charge is 0.271 e. The van der Waals surface area contributed by atoms with Crippen LogP contribution in [0.3, 0.4) is 0 Å². The molecule has 0 saturated carbocycles. The fourth-order valence-corrected chi connectivity index (χ4v) is 1.75. The SMILES string of the molecule is Nc1ccc(Cl)c(C(=O)NCC2COCCO2)n1. The number of nitrogen functional groups attached to an aromatic ring is 1. The third kappa shape index (κ3) is 3.32. The highest BCUT2D eigenvalue weighted by atomic mass is 35.5. The summed E-state index contributed by atoms with van der Waals surface area (Å²) in [4.78, 5) is 15.7. The van der Waals surface area contributed by atoms with Gasteiger partial charge in [-0.05, 0) is 12.1 Å². The summed E-state index contributed by atoms with van der Waals surface area (Å²) in [5, 5.41) is 2.96. The van der Waals surface area contributed by atoms with Crippen molar-refractivity contribution >= 4 is 23.3 Å². The van der Waals surface area contributed by atoms with Gasteiger partial charge in [-0.1, -0.05) is 11.6 Å². The lowest BCUT2D eigenvalue weighted by atomic mass is 10.3. The molecule has 1 amide bonds. The highest BCUT2D eigenvalue weighted by Crippen LogP contribution is 2.15. The molecule has 1 aromatic heterocycles. The topological polar surface area (TPSA) is 86.5 Å². The molecule has 0 radical (unpaired) electrons. The number of halogens is 1. The first kappa shape index (κ1) is 13.1. The lowest BCUT2D eigenvalue weighted by molar-refractivity contribution is -0.0855. The average molecular weight is 272 g/mol. The summed E-state index contributed by atoms with van der Waals surface area (Å²) in [6.07, 6.45) is -0.137. The molecule has 18 heavy (non-hydrogen) atoms. The minimum atomic E-state index is -0.374. The van der Waals surface area contributed by atoms with E-state index in [1.54, 1.807) is 6.07 Å². The van der Waals surface area contributed by atoms with Crippen molar-refractivity contribution in [2.45, 2.75) is 6.10 Å². The number of hydrogen-bond acceptors (Lipinski definition) is 5. The number of rotatable bonds is 3. The number of nitrogens with two attached hydrogens (primary N) is 1. The zero-order valence-electron chi connectivity index (χ0n) is 9.69. The molecule has 0 bridgehead atoms. The standard InChI is InChI=1S/C11H14ClN3O3/c12-8-1-2-9(13)15-10(8)11(16)14-5-7-6-17-3-4-18-7/h1-2,7H,3-6H2,(H2,13,15)(H,14,16). The van der Waals surface area contributed by atoms with Crippen LogP contribution in [0.25, 0.3) is 0 Å². The van der Waals surface area contributed by atoms with E-state index in [2.05, 4.69) is 10.3 Å². The highest BCUT2D eigenvalue weighted by Gasteiger charge is 2.17. The lowest BCUT2D eigenvalue weighted by Gasteiger charge is -2.23. The number of nitrogens with one attached hydrogen (secondary N) is 1. The van der Waals surface area contributed by atoms with Gasteiger partial charge in [-0.15, -0.1) is 0 Å². The third-order valence-corrected chi connectivity index (χ3v) is 2.76. The molecule has 6 nitrogen and oxygen atoms in total. The van der Waals surface area contributed by atoms with Crippen molar-refractivity contribution in [3.63, 3.8) is 0 Å². The van der Waals surface area contributed by atoms with E-state index < -0.39 is 0 Å². The summed E-state index contributed by atoms with van der Waals surface area (Å²) in [6, 6.07) is 3.08. The molecule has 98 valence electrons. The molecule has 3 N–H and O–H groups in total. The first-order valence-electron chi connectivity index (χ1n) is 5.56.